The van der Waals surface area contributed by atoms with Crippen LogP contribution in [0.5, 0.6) is 0 Å². The van der Waals surface area contributed by atoms with Gasteiger partial charge in [-0.05, 0) is 12.0 Å². The number of fused-ring (bicyclic) bond motifs is 1. The van der Waals surface area contributed by atoms with Gasteiger partial charge in [0.15, 0.2) is 0 Å². The molecule has 1 N–H and O–H groups in total. The highest BCUT2D eigenvalue weighted by Gasteiger charge is 2.23. The van der Waals surface area contributed by atoms with Gasteiger partial charge in [-0.3, -0.25) is 0 Å². The van der Waals surface area contributed by atoms with E-state index in [4.69, 9.17) is 4.42 Å². The van der Waals surface area contributed by atoms with E-state index in [0.717, 1.165) is 13.0 Å². The Morgan fingerprint density at radius 1 is 1.58 bits per heavy atom. The highest BCUT2D eigenvalue weighted by Crippen LogP contribution is 2.28. The first kappa shape index (κ1) is 7.87. The zero-order valence-electron chi connectivity index (χ0n) is 7.63. The maximum atomic E-state index is 5.40. The van der Waals surface area contributed by atoms with E-state index < -0.39 is 0 Å². The summed E-state index contributed by atoms with van der Waals surface area (Å²) in [5.41, 5.74) is 1.36. The molecule has 2 heterocycles. The van der Waals surface area contributed by atoms with Crippen LogP contribution in [0.25, 0.3) is 0 Å². The SMILES string of the molecule is CC(C)C1NCCc2occc21. The van der Waals surface area contributed by atoms with Gasteiger partial charge in [-0.2, -0.15) is 0 Å². The third-order valence-corrected chi connectivity index (χ3v) is 2.50. The molecule has 0 fully saturated rings. The lowest BCUT2D eigenvalue weighted by molar-refractivity contribution is 0.368. The molecule has 0 aliphatic carbocycles. The molecule has 0 spiro atoms. The number of hydrogen-bond acceptors (Lipinski definition) is 2. The van der Waals surface area contributed by atoms with E-state index in [1.165, 1.54) is 11.3 Å². The quantitative estimate of drug-likeness (QED) is 0.689. The van der Waals surface area contributed by atoms with Gasteiger partial charge in [0.2, 0.25) is 0 Å². The van der Waals surface area contributed by atoms with Gasteiger partial charge in [0, 0.05) is 24.6 Å². The molecule has 2 rings (SSSR count). The fraction of sp³-hybridized carbons (Fsp3) is 0.600. The van der Waals surface area contributed by atoms with Gasteiger partial charge in [-0.15, -0.1) is 0 Å². The Labute approximate surface area is 73.0 Å². The fourth-order valence-corrected chi connectivity index (χ4v) is 1.88. The van der Waals surface area contributed by atoms with E-state index in [1.807, 2.05) is 0 Å². The second kappa shape index (κ2) is 2.94. The minimum absolute atomic E-state index is 0.493. The lowest BCUT2D eigenvalue weighted by atomic mass is 9.93. The Morgan fingerprint density at radius 2 is 2.42 bits per heavy atom. The minimum Gasteiger partial charge on any atom is -0.469 e. The molecule has 1 unspecified atom stereocenters. The van der Waals surface area contributed by atoms with Crippen molar-refractivity contribution in [2.45, 2.75) is 26.3 Å². The summed E-state index contributed by atoms with van der Waals surface area (Å²) in [4.78, 5) is 0. The zero-order chi connectivity index (χ0) is 8.55. The summed E-state index contributed by atoms with van der Waals surface area (Å²) >= 11 is 0. The van der Waals surface area contributed by atoms with E-state index in [0.29, 0.717) is 12.0 Å². The smallest absolute Gasteiger partial charge is 0.109 e. The first-order valence-electron chi connectivity index (χ1n) is 4.58. The molecule has 1 aromatic heterocycles. The van der Waals surface area contributed by atoms with Crippen LogP contribution in [0, 0.1) is 5.92 Å². The van der Waals surface area contributed by atoms with E-state index >= 15 is 0 Å². The molecule has 1 aliphatic rings. The van der Waals surface area contributed by atoms with Gasteiger partial charge in [0.25, 0.3) is 0 Å². The van der Waals surface area contributed by atoms with Crippen molar-refractivity contribution in [3.8, 4) is 0 Å². The molecule has 2 heteroatoms. The average Bonchev–Trinajstić information content (AvgIpc) is 2.49. The minimum atomic E-state index is 0.493. The number of furan rings is 1. The maximum Gasteiger partial charge on any atom is 0.109 e. The van der Waals surface area contributed by atoms with E-state index in [-0.39, 0.29) is 0 Å². The normalized spacial score (nSPS) is 22.8. The third-order valence-electron chi connectivity index (χ3n) is 2.50. The van der Waals surface area contributed by atoms with Crippen LogP contribution in [0.2, 0.25) is 0 Å². The number of hydrogen-bond donors (Lipinski definition) is 1. The second-order valence-electron chi connectivity index (χ2n) is 3.72. The summed E-state index contributed by atoms with van der Waals surface area (Å²) in [5.74, 6) is 1.81. The molecule has 1 aliphatic heterocycles. The summed E-state index contributed by atoms with van der Waals surface area (Å²) in [6, 6.07) is 2.58. The van der Waals surface area contributed by atoms with E-state index in [1.54, 1.807) is 6.26 Å². The Kier molecular flexibility index (Phi) is 1.93. The predicted molar refractivity (Wildman–Crippen MR) is 48.0 cm³/mol. The summed E-state index contributed by atoms with van der Waals surface area (Å²) in [6.07, 6.45) is 2.83. The fourth-order valence-electron chi connectivity index (χ4n) is 1.88. The van der Waals surface area contributed by atoms with Crippen molar-refractivity contribution in [2.75, 3.05) is 6.54 Å². The average molecular weight is 165 g/mol. The summed E-state index contributed by atoms with van der Waals surface area (Å²) in [5, 5.41) is 3.50. The summed E-state index contributed by atoms with van der Waals surface area (Å²) in [7, 11) is 0. The van der Waals surface area contributed by atoms with Crippen LogP contribution in [0.1, 0.15) is 31.2 Å². The van der Waals surface area contributed by atoms with Crippen molar-refractivity contribution in [2.24, 2.45) is 5.92 Å². The van der Waals surface area contributed by atoms with Crippen LogP contribution < -0.4 is 5.32 Å². The van der Waals surface area contributed by atoms with Crippen LogP contribution in [0.15, 0.2) is 16.7 Å². The van der Waals surface area contributed by atoms with Crippen LogP contribution in [-0.2, 0) is 6.42 Å². The first-order valence-corrected chi connectivity index (χ1v) is 4.58. The monoisotopic (exact) mass is 165 g/mol. The highest BCUT2D eigenvalue weighted by molar-refractivity contribution is 5.24. The highest BCUT2D eigenvalue weighted by atomic mass is 16.3. The third kappa shape index (κ3) is 1.16. The Balaban J connectivity index is 2.31. The zero-order valence-corrected chi connectivity index (χ0v) is 7.63. The first-order chi connectivity index (χ1) is 5.79. The molecule has 2 nitrogen and oxygen atoms in total. The van der Waals surface area contributed by atoms with Crippen molar-refractivity contribution in [3.05, 3.63) is 23.7 Å². The van der Waals surface area contributed by atoms with Crippen molar-refractivity contribution >= 4 is 0 Å². The molecule has 0 radical (unpaired) electrons. The van der Waals surface area contributed by atoms with E-state index in [2.05, 4.69) is 25.2 Å². The van der Waals surface area contributed by atoms with E-state index in [9.17, 15) is 0 Å². The number of rotatable bonds is 1. The molecule has 0 aromatic carbocycles. The van der Waals surface area contributed by atoms with Gasteiger partial charge >= 0.3 is 0 Å². The molecule has 12 heavy (non-hydrogen) atoms. The topological polar surface area (TPSA) is 25.2 Å². The molecule has 1 aromatic rings. The standard InChI is InChI=1S/C10H15NO/c1-7(2)10-8-4-6-12-9(8)3-5-11-10/h4,6-7,10-11H,3,5H2,1-2H3. The molecular formula is C10H15NO. The Bertz CT molecular complexity index is 265. The molecule has 0 saturated carbocycles. The van der Waals surface area contributed by atoms with Gasteiger partial charge < -0.3 is 9.73 Å². The van der Waals surface area contributed by atoms with Crippen molar-refractivity contribution in [1.29, 1.82) is 0 Å². The Morgan fingerprint density at radius 3 is 3.17 bits per heavy atom. The summed E-state index contributed by atoms with van der Waals surface area (Å²) in [6.45, 7) is 5.52. The second-order valence-corrected chi connectivity index (χ2v) is 3.72. The lowest BCUT2D eigenvalue weighted by Gasteiger charge is -2.26. The maximum absolute atomic E-state index is 5.40. The molecule has 66 valence electrons. The summed E-state index contributed by atoms with van der Waals surface area (Å²) < 4.78 is 5.40. The molecule has 0 saturated heterocycles. The molecular weight excluding hydrogens is 150 g/mol. The van der Waals surface area contributed by atoms with Gasteiger partial charge in [-0.25, -0.2) is 0 Å². The van der Waals surface area contributed by atoms with Crippen LogP contribution >= 0.6 is 0 Å². The van der Waals surface area contributed by atoms with Crippen molar-refractivity contribution in [1.82, 2.24) is 5.32 Å². The largest absolute Gasteiger partial charge is 0.469 e. The van der Waals surface area contributed by atoms with Crippen LogP contribution in [0.4, 0.5) is 0 Å². The number of nitrogens with one attached hydrogen (secondary N) is 1. The van der Waals surface area contributed by atoms with Crippen molar-refractivity contribution in [3.63, 3.8) is 0 Å². The van der Waals surface area contributed by atoms with Crippen LogP contribution in [0.3, 0.4) is 0 Å². The molecule has 1 atom stereocenters. The molecule has 0 amide bonds. The predicted octanol–water partition coefficient (Wildman–Crippen LogP) is 2.12. The van der Waals surface area contributed by atoms with Gasteiger partial charge in [0.1, 0.15) is 5.76 Å². The van der Waals surface area contributed by atoms with Gasteiger partial charge in [0.05, 0.1) is 6.26 Å². The molecule has 0 bridgehead atoms. The lowest BCUT2D eigenvalue weighted by Crippen LogP contribution is -2.32. The van der Waals surface area contributed by atoms with Crippen molar-refractivity contribution < 1.29 is 4.42 Å². The Hall–Kier alpha value is -0.760. The van der Waals surface area contributed by atoms with Gasteiger partial charge in [-0.1, -0.05) is 13.8 Å². The van der Waals surface area contributed by atoms with Crippen LogP contribution in [-0.4, -0.2) is 6.54 Å².